The zero-order valence-corrected chi connectivity index (χ0v) is 10.8. The minimum absolute atomic E-state index is 0.560. The van der Waals surface area contributed by atoms with Gasteiger partial charge in [-0.3, -0.25) is 4.98 Å². The molecule has 0 aliphatic heterocycles. The molecule has 0 bridgehead atoms. The maximum Gasteiger partial charge on any atom is 0.0681 e. The second-order valence-electron chi connectivity index (χ2n) is 4.40. The van der Waals surface area contributed by atoms with Crippen molar-refractivity contribution in [3.8, 4) is 0 Å². The molecule has 3 nitrogen and oxygen atoms in total. The van der Waals surface area contributed by atoms with E-state index in [4.69, 9.17) is 0 Å². The molecule has 1 rings (SSSR count). The number of aliphatic hydroxyl groups is 1. The molecule has 0 saturated heterocycles. The lowest BCUT2D eigenvalue weighted by atomic mass is 10.2. The summed E-state index contributed by atoms with van der Waals surface area (Å²) in [5, 5.41) is 12.9. The lowest BCUT2D eigenvalue weighted by molar-refractivity contribution is 0.107. The summed E-state index contributed by atoms with van der Waals surface area (Å²) in [5.41, 5.74) is 0.693. The summed E-state index contributed by atoms with van der Waals surface area (Å²) in [6.07, 6.45) is 3.61. The van der Waals surface area contributed by atoms with Crippen LogP contribution in [0.3, 0.4) is 0 Å². The molecule has 0 spiro atoms. The third-order valence-electron chi connectivity index (χ3n) is 1.96. The Morgan fingerprint density at radius 3 is 2.69 bits per heavy atom. The summed E-state index contributed by atoms with van der Waals surface area (Å²) in [7, 11) is 0. The molecule has 4 heteroatoms. The van der Waals surface area contributed by atoms with Gasteiger partial charge < -0.3 is 10.4 Å². The summed E-state index contributed by atoms with van der Waals surface area (Å²) < 4.78 is 0. The first kappa shape index (κ1) is 13.5. The highest BCUT2D eigenvalue weighted by atomic mass is 32.2. The minimum atomic E-state index is -0.560. The van der Waals surface area contributed by atoms with Gasteiger partial charge in [0, 0.05) is 37.0 Å². The Hall–Kier alpha value is -0.580. The van der Waals surface area contributed by atoms with Gasteiger partial charge in [0.1, 0.15) is 0 Å². The average Bonchev–Trinajstić information content (AvgIpc) is 2.23. The first-order valence-corrected chi connectivity index (χ1v) is 6.63. The van der Waals surface area contributed by atoms with Crippen LogP contribution in [0.25, 0.3) is 0 Å². The van der Waals surface area contributed by atoms with Crippen LogP contribution >= 0.6 is 11.8 Å². The van der Waals surface area contributed by atoms with E-state index in [0.29, 0.717) is 0 Å². The normalized spacial score (nSPS) is 11.7. The van der Waals surface area contributed by atoms with Crippen molar-refractivity contribution in [1.82, 2.24) is 10.3 Å². The third-order valence-corrected chi connectivity index (χ3v) is 3.36. The van der Waals surface area contributed by atoms with Gasteiger partial charge in [0.2, 0.25) is 0 Å². The number of pyridine rings is 1. The van der Waals surface area contributed by atoms with Gasteiger partial charge in [0.05, 0.1) is 5.60 Å². The fraction of sp³-hybridized carbons (Fsp3) is 0.583. The van der Waals surface area contributed by atoms with Crippen LogP contribution in [0.5, 0.6) is 0 Å². The highest BCUT2D eigenvalue weighted by Gasteiger charge is 2.11. The van der Waals surface area contributed by atoms with E-state index >= 15 is 0 Å². The van der Waals surface area contributed by atoms with Crippen LogP contribution in [0.2, 0.25) is 0 Å². The molecule has 2 N–H and O–H groups in total. The molecular weight excluding hydrogens is 220 g/mol. The number of nitrogens with zero attached hydrogens (tertiary/aromatic N) is 1. The lowest BCUT2D eigenvalue weighted by Gasteiger charge is -2.16. The zero-order chi connectivity index (χ0) is 11.9. The molecule has 90 valence electrons. The Labute approximate surface area is 102 Å². The van der Waals surface area contributed by atoms with Gasteiger partial charge in [-0.25, -0.2) is 0 Å². The maximum absolute atomic E-state index is 9.50. The molecule has 0 amide bonds. The second kappa shape index (κ2) is 6.89. The highest BCUT2D eigenvalue weighted by molar-refractivity contribution is 7.99. The van der Waals surface area contributed by atoms with Gasteiger partial charge in [0.15, 0.2) is 0 Å². The van der Waals surface area contributed by atoms with Gasteiger partial charge in [-0.1, -0.05) is 0 Å². The van der Waals surface area contributed by atoms with Gasteiger partial charge in [-0.05, 0) is 31.5 Å². The topological polar surface area (TPSA) is 45.1 Å². The largest absolute Gasteiger partial charge is 0.390 e. The Morgan fingerprint density at radius 1 is 1.38 bits per heavy atom. The molecule has 1 heterocycles. The molecule has 0 aliphatic carbocycles. The van der Waals surface area contributed by atoms with Crippen LogP contribution in [0.15, 0.2) is 24.5 Å². The van der Waals surface area contributed by atoms with Crippen LogP contribution in [-0.4, -0.2) is 33.7 Å². The fourth-order valence-corrected chi connectivity index (χ4v) is 2.13. The Morgan fingerprint density at radius 2 is 2.06 bits per heavy atom. The molecule has 0 unspecified atom stereocenters. The van der Waals surface area contributed by atoms with Crippen molar-refractivity contribution in [3.05, 3.63) is 30.1 Å². The number of hydrogen-bond donors (Lipinski definition) is 2. The van der Waals surface area contributed by atoms with Gasteiger partial charge in [-0.2, -0.15) is 11.8 Å². The van der Waals surface area contributed by atoms with E-state index in [-0.39, 0.29) is 0 Å². The molecular formula is C12H20N2OS. The molecule has 0 fully saturated rings. The van der Waals surface area contributed by atoms with E-state index in [0.717, 1.165) is 24.6 Å². The van der Waals surface area contributed by atoms with Crippen molar-refractivity contribution in [2.75, 3.05) is 18.1 Å². The highest BCUT2D eigenvalue weighted by Crippen LogP contribution is 2.10. The van der Waals surface area contributed by atoms with Crippen molar-refractivity contribution >= 4 is 11.8 Å². The van der Waals surface area contributed by atoms with Crippen LogP contribution in [-0.2, 0) is 6.54 Å². The molecule has 0 saturated carbocycles. The van der Waals surface area contributed by atoms with E-state index in [9.17, 15) is 5.11 Å². The van der Waals surface area contributed by atoms with Crippen molar-refractivity contribution in [2.24, 2.45) is 0 Å². The monoisotopic (exact) mass is 240 g/mol. The average molecular weight is 240 g/mol. The smallest absolute Gasteiger partial charge is 0.0681 e. The lowest BCUT2D eigenvalue weighted by Crippen LogP contribution is -2.23. The van der Waals surface area contributed by atoms with E-state index < -0.39 is 5.60 Å². The predicted octanol–water partition coefficient (Wildman–Crippen LogP) is 1.68. The van der Waals surface area contributed by atoms with Crippen molar-refractivity contribution in [3.63, 3.8) is 0 Å². The maximum atomic E-state index is 9.50. The van der Waals surface area contributed by atoms with Crippen molar-refractivity contribution in [1.29, 1.82) is 0 Å². The number of rotatable bonds is 7. The van der Waals surface area contributed by atoms with Crippen LogP contribution < -0.4 is 5.32 Å². The van der Waals surface area contributed by atoms with E-state index in [1.807, 2.05) is 26.0 Å². The van der Waals surface area contributed by atoms with Crippen molar-refractivity contribution < 1.29 is 5.11 Å². The van der Waals surface area contributed by atoms with Crippen molar-refractivity contribution in [2.45, 2.75) is 26.0 Å². The van der Waals surface area contributed by atoms with E-state index in [1.54, 1.807) is 24.2 Å². The molecule has 0 atom stereocenters. The number of thioether (sulfide) groups is 1. The molecule has 0 aromatic carbocycles. The first-order valence-electron chi connectivity index (χ1n) is 5.48. The van der Waals surface area contributed by atoms with Gasteiger partial charge >= 0.3 is 0 Å². The summed E-state index contributed by atoms with van der Waals surface area (Å²) in [6.45, 7) is 5.52. The zero-order valence-electron chi connectivity index (χ0n) is 9.94. The number of nitrogens with one attached hydrogen (secondary N) is 1. The molecule has 1 aromatic heterocycles. The number of aromatic nitrogens is 1. The van der Waals surface area contributed by atoms with Gasteiger partial charge in [0.25, 0.3) is 0 Å². The quantitative estimate of drug-likeness (QED) is 0.712. The molecule has 0 radical (unpaired) electrons. The Bertz CT molecular complexity index is 285. The predicted molar refractivity (Wildman–Crippen MR) is 69.6 cm³/mol. The molecule has 16 heavy (non-hydrogen) atoms. The second-order valence-corrected chi connectivity index (χ2v) is 5.50. The minimum Gasteiger partial charge on any atom is -0.390 e. The summed E-state index contributed by atoms with van der Waals surface area (Å²) in [6, 6.07) is 4.02. The van der Waals surface area contributed by atoms with Crippen LogP contribution in [0, 0.1) is 0 Å². The van der Waals surface area contributed by atoms with E-state index in [2.05, 4.69) is 10.3 Å². The first-order chi connectivity index (χ1) is 7.58. The molecule has 1 aromatic rings. The number of hydrogen-bond acceptors (Lipinski definition) is 4. The van der Waals surface area contributed by atoms with Gasteiger partial charge in [-0.15, -0.1) is 0 Å². The van der Waals surface area contributed by atoms with Crippen LogP contribution in [0.1, 0.15) is 19.4 Å². The summed E-state index contributed by atoms with van der Waals surface area (Å²) in [5.74, 6) is 1.80. The summed E-state index contributed by atoms with van der Waals surface area (Å²) in [4.78, 5) is 3.97. The summed E-state index contributed by atoms with van der Waals surface area (Å²) >= 11 is 1.77. The van der Waals surface area contributed by atoms with E-state index in [1.165, 1.54) is 5.56 Å². The molecule has 0 aliphatic rings. The fourth-order valence-electron chi connectivity index (χ4n) is 1.20. The third kappa shape index (κ3) is 6.82. The Kier molecular flexibility index (Phi) is 5.80. The van der Waals surface area contributed by atoms with Crippen LogP contribution in [0.4, 0.5) is 0 Å². The SMILES string of the molecule is CC(C)(O)CSCCNCc1ccncc1. The Balaban J connectivity index is 2.01. The standard InChI is InChI=1S/C12H20N2OS/c1-12(2,15)10-16-8-7-14-9-11-3-5-13-6-4-11/h3-6,14-15H,7-10H2,1-2H3.